The van der Waals surface area contributed by atoms with Gasteiger partial charge in [-0.15, -0.1) is 0 Å². The van der Waals surface area contributed by atoms with Gasteiger partial charge in [-0.3, -0.25) is 0 Å². The molecule has 1 atom stereocenters. The van der Waals surface area contributed by atoms with Gasteiger partial charge in [-0.1, -0.05) is 48.9 Å². The second kappa shape index (κ2) is 7.39. The van der Waals surface area contributed by atoms with Crippen molar-refractivity contribution in [3.05, 3.63) is 57.3 Å². The zero-order chi connectivity index (χ0) is 15.4. The van der Waals surface area contributed by atoms with Crippen LogP contribution in [0.15, 0.2) is 40.9 Å². The summed E-state index contributed by atoms with van der Waals surface area (Å²) in [5.41, 5.74) is 2.54. The number of rotatable bonds is 5. The summed E-state index contributed by atoms with van der Waals surface area (Å²) >= 11 is 9.17. The topological polar surface area (TPSA) is 12.0 Å². The molecule has 2 aromatic carbocycles. The van der Waals surface area contributed by atoms with E-state index in [1.807, 2.05) is 24.3 Å². The number of halogens is 3. The summed E-state index contributed by atoms with van der Waals surface area (Å²) in [6, 6.07) is 11.7. The van der Waals surface area contributed by atoms with E-state index in [4.69, 9.17) is 11.6 Å². The van der Waals surface area contributed by atoms with Gasteiger partial charge in [0, 0.05) is 16.1 Å². The second-order valence-corrected chi connectivity index (χ2v) is 6.25. The Hall–Kier alpha value is -0.900. The van der Waals surface area contributed by atoms with Crippen LogP contribution in [-0.2, 0) is 0 Å². The van der Waals surface area contributed by atoms with Crippen LogP contribution in [0.25, 0.3) is 11.1 Å². The molecule has 0 bridgehead atoms. The van der Waals surface area contributed by atoms with Gasteiger partial charge in [0.2, 0.25) is 0 Å². The van der Waals surface area contributed by atoms with Crippen LogP contribution in [0, 0.1) is 5.82 Å². The van der Waals surface area contributed by atoms with Crippen LogP contribution in [0.4, 0.5) is 4.39 Å². The lowest BCUT2D eigenvalue weighted by molar-refractivity contribution is 0.571. The summed E-state index contributed by atoms with van der Waals surface area (Å²) in [6.07, 6.45) is 1.10. The molecule has 4 heteroatoms. The fourth-order valence-electron chi connectivity index (χ4n) is 2.18. The molecule has 1 nitrogen and oxygen atoms in total. The van der Waals surface area contributed by atoms with Crippen LogP contribution in [0.2, 0.25) is 5.02 Å². The van der Waals surface area contributed by atoms with Crippen molar-refractivity contribution in [1.29, 1.82) is 0 Å². The number of hydrogen-bond acceptors (Lipinski definition) is 1. The first-order valence-electron chi connectivity index (χ1n) is 7.01. The smallest absolute Gasteiger partial charge is 0.150 e. The van der Waals surface area contributed by atoms with Crippen LogP contribution in [0.1, 0.15) is 31.9 Å². The standard InChI is InChI=1S/C17H18BrClFN/c1-3-10-21-11(2)12-4-6-13(7-5-12)14-8-9-15(18)16(19)17(14)20/h4-9,11,21H,3,10H2,1-2H3. The van der Waals surface area contributed by atoms with E-state index in [1.165, 1.54) is 5.56 Å². The van der Waals surface area contributed by atoms with Gasteiger partial charge in [0.25, 0.3) is 0 Å². The van der Waals surface area contributed by atoms with Crippen LogP contribution in [0.3, 0.4) is 0 Å². The SMILES string of the molecule is CCCNC(C)c1ccc(-c2ccc(Br)c(Cl)c2F)cc1. The summed E-state index contributed by atoms with van der Waals surface area (Å²) < 4.78 is 14.8. The van der Waals surface area contributed by atoms with Gasteiger partial charge in [-0.25, -0.2) is 4.39 Å². The van der Waals surface area contributed by atoms with Crippen LogP contribution in [0.5, 0.6) is 0 Å². The van der Waals surface area contributed by atoms with Crippen molar-refractivity contribution in [1.82, 2.24) is 5.32 Å². The molecule has 0 fully saturated rings. The maximum absolute atomic E-state index is 14.2. The minimum atomic E-state index is -0.393. The van der Waals surface area contributed by atoms with Gasteiger partial charge in [0.15, 0.2) is 5.82 Å². The Morgan fingerprint density at radius 2 is 1.86 bits per heavy atom. The number of hydrogen-bond donors (Lipinski definition) is 1. The maximum atomic E-state index is 14.2. The monoisotopic (exact) mass is 369 g/mol. The van der Waals surface area contributed by atoms with Gasteiger partial charge < -0.3 is 5.32 Å². The molecule has 0 saturated carbocycles. The molecule has 0 aliphatic heterocycles. The average molecular weight is 371 g/mol. The third kappa shape index (κ3) is 3.85. The van der Waals surface area contributed by atoms with Crippen LogP contribution >= 0.6 is 27.5 Å². The van der Waals surface area contributed by atoms with Crippen molar-refractivity contribution in [2.24, 2.45) is 0 Å². The molecule has 1 N–H and O–H groups in total. The molecule has 0 aromatic heterocycles. The van der Waals surface area contributed by atoms with Crippen molar-refractivity contribution in [3.63, 3.8) is 0 Å². The Bertz CT molecular complexity index is 613. The van der Waals surface area contributed by atoms with Gasteiger partial charge in [0.1, 0.15) is 0 Å². The average Bonchev–Trinajstić information content (AvgIpc) is 2.51. The highest BCUT2D eigenvalue weighted by Crippen LogP contribution is 2.33. The number of nitrogens with one attached hydrogen (secondary N) is 1. The Labute approximate surface area is 138 Å². The molecule has 0 aliphatic rings. The summed E-state index contributed by atoms with van der Waals surface area (Å²) in [5, 5.41) is 3.55. The highest BCUT2D eigenvalue weighted by molar-refractivity contribution is 9.10. The van der Waals surface area contributed by atoms with Crippen molar-refractivity contribution in [2.45, 2.75) is 26.3 Å². The summed E-state index contributed by atoms with van der Waals surface area (Å²) in [5.74, 6) is -0.393. The summed E-state index contributed by atoms with van der Waals surface area (Å²) in [6.45, 7) is 5.25. The van der Waals surface area contributed by atoms with Gasteiger partial charge in [-0.05, 0) is 53.0 Å². The first-order valence-corrected chi connectivity index (χ1v) is 8.19. The van der Waals surface area contributed by atoms with E-state index in [9.17, 15) is 4.39 Å². The highest BCUT2D eigenvalue weighted by Gasteiger charge is 2.12. The summed E-state index contributed by atoms with van der Waals surface area (Å²) in [4.78, 5) is 0. The molecule has 0 amide bonds. The molecule has 112 valence electrons. The van der Waals surface area contributed by atoms with E-state index in [2.05, 4.69) is 35.1 Å². The molecule has 0 aliphatic carbocycles. The molecular weight excluding hydrogens is 353 g/mol. The molecule has 0 heterocycles. The first-order chi connectivity index (χ1) is 10.0. The Morgan fingerprint density at radius 1 is 1.19 bits per heavy atom. The molecule has 2 rings (SSSR count). The van der Waals surface area contributed by atoms with E-state index in [0.717, 1.165) is 18.5 Å². The van der Waals surface area contributed by atoms with E-state index >= 15 is 0 Å². The lowest BCUT2D eigenvalue weighted by Crippen LogP contribution is -2.19. The van der Waals surface area contributed by atoms with E-state index < -0.39 is 5.82 Å². The first kappa shape index (κ1) is 16.5. The zero-order valence-electron chi connectivity index (χ0n) is 12.1. The Morgan fingerprint density at radius 3 is 2.48 bits per heavy atom. The predicted octanol–water partition coefficient (Wildman–Crippen LogP) is 5.97. The zero-order valence-corrected chi connectivity index (χ0v) is 14.4. The van der Waals surface area contributed by atoms with E-state index in [-0.39, 0.29) is 11.1 Å². The third-order valence-electron chi connectivity index (χ3n) is 3.46. The van der Waals surface area contributed by atoms with Crippen LogP contribution in [-0.4, -0.2) is 6.54 Å². The molecule has 0 radical (unpaired) electrons. The summed E-state index contributed by atoms with van der Waals surface area (Å²) in [7, 11) is 0. The largest absolute Gasteiger partial charge is 0.310 e. The van der Waals surface area contributed by atoms with Crippen molar-refractivity contribution in [3.8, 4) is 11.1 Å². The number of benzene rings is 2. The van der Waals surface area contributed by atoms with E-state index in [0.29, 0.717) is 10.0 Å². The van der Waals surface area contributed by atoms with Gasteiger partial charge in [0.05, 0.1) is 5.02 Å². The Kier molecular flexibility index (Phi) is 5.80. The quantitative estimate of drug-likeness (QED) is 0.639. The molecule has 2 aromatic rings. The van der Waals surface area contributed by atoms with E-state index in [1.54, 1.807) is 12.1 Å². The lowest BCUT2D eigenvalue weighted by atomic mass is 10.0. The lowest BCUT2D eigenvalue weighted by Gasteiger charge is -2.14. The Balaban J connectivity index is 2.25. The molecule has 0 saturated heterocycles. The second-order valence-electron chi connectivity index (χ2n) is 5.02. The minimum absolute atomic E-state index is 0.120. The third-order valence-corrected chi connectivity index (χ3v) is 4.72. The van der Waals surface area contributed by atoms with Gasteiger partial charge in [-0.2, -0.15) is 0 Å². The molecule has 21 heavy (non-hydrogen) atoms. The molecule has 1 unspecified atom stereocenters. The maximum Gasteiger partial charge on any atom is 0.150 e. The van der Waals surface area contributed by atoms with Gasteiger partial charge >= 0.3 is 0 Å². The van der Waals surface area contributed by atoms with Crippen molar-refractivity contribution in [2.75, 3.05) is 6.54 Å². The highest BCUT2D eigenvalue weighted by atomic mass is 79.9. The minimum Gasteiger partial charge on any atom is -0.310 e. The fraction of sp³-hybridized carbons (Fsp3) is 0.294. The fourth-order valence-corrected chi connectivity index (χ4v) is 2.65. The molecular formula is C17H18BrClFN. The normalized spacial score (nSPS) is 12.4. The van der Waals surface area contributed by atoms with Crippen molar-refractivity contribution >= 4 is 27.5 Å². The van der Waals surface area contributed by atoms with Crippen LogP contribution < -0.4 is 5.32 Å². The molecule has 0 spiro atoms. The predicted molar refractivity (Wildman–Crippen MR) is 91.3 cm³/mol. The van der Waals surface area contributed by atoms with Crippen molar-refractivity contribution < 1.29 is 4.39 Å².